The van der Waals surface area contributed by atoms with Crippen LogP contribution in [0.3, 0.4) is 0 Å². The molecule has 0 spiro atoms. The van der Waals surface area contributed by atoms with Crippen LogP contribution in [0.15, 0.2) is 53.4 Å². The molecule has 1 heterocycles. The second kappa shape index (κ2) is 8.18. The van der Waals surface area contributed by atoms with Crippen molar-refractivity contribution < 1.29 is 22.7 Å². The molecule has 0 fully saturated rings. The first kappa shape index (κ1) is 20.8. The maximum Gasteiger partial charge on any atom is 0.321 e. The fraction of sp³-hybridized carbons (Fsp3) is 0.238. The van der Waals surface area contributed by atoms with Crippen molar-refractivity contribution in [2.45, 2.75) is 31.8 Å². The summed E-state index contributed by atoms with van der Waals surface area (Å²) >= 11 is 0. The van der Waals surface area contributed by atoms with Crippen LogP contribution in [0.1, 0.15) is 28.5 Å². The third-order valence-electron chi connectivity index (χ3n) is 4.56. The number of aryl methyl sites for hydroxylation is 2. The summed E-state index contributed by atoms with van der Waals surface area (Å²) in [5.74, 6) is -1.19. The lowest BCUT2D eigenvalue weighted by molar-refractivity contribution is -0.144. The van der Waals surface area contributed by atoms with Crippen molar-refractivity contribution >= 4 is 32.7 Å². The standard InChI is InChI=1S/C21H22N2O5S/c1-13-8-10-16(11-9-13)29(26,27)22-12-19(24)28-15(3)21(25)20-14(2)23-18-7-5-4-6-17(18)20/h4-11,15,22-23H,12H2,1-3H3/t15-/m1/s1. The highest BCUT2D eigenvalue weighted by molar-refractivity contribution is 7.89. The van der Waals surface area contributed by atoms with E-state index in [-0.39, 0.29) is 10.7 Å². The van der Waals surface area contributed by atoms with Crippen LogP contribution in [0.2, 0.25) is 0 Å². The number of rotatable bonds is 7. The third-order valence-corrected chi connectivity index (χ3v) is 5.97. The number of carbonyl (C=O) groups excluding carboxylic acids is 2. The summed E-state index contributed by atoms with van der Waals surface area (Å²) in [4.78, 5) is 28.1. The van der Waals surface area contributed by atoms with Crippen molar-refractivity contribution in [3.05, 3.63) is 65.4 Å². The van der Waals surface area contributed by atoms with Crippen molar-refractivity contribution in [1.29, 1.82) is 0 Å². The predicted octanol–water partition coefficient (Wildman–Crippen LogP) is 2.88. The van der Waals surface area contributed by atoms with Crippen molar-refractivity contribution in [1.82, 2.24) is 9.71 Å². The van der Waals surface area contributed by atoms with Crippen LogP contribution in [-0.2, 0) is 19.6 Å². The summed E-state index contributed by atoms with van der Waals surface area (Å²) < 4.78 is 31.9. The molecule has 1 atom stereocenters. The molecule has 0 saturated carbocycles. The Bertz CT molecular complexity index is 1160. The number of carbonyl (C=O) groups is 2. The molecule has 0 aliphatic carbocycles. The van der Waals surface area contributed by atoms with E-state index in [1.165, 1.54) is 19.1 Å². The number of Topliss-reactive ketones (excluding diaryl/α,β-unsaturated/α-hetero) is 1. The number of aromatic nitrogens is 1. The fourth-order valence-corrected chi connectivity index (χ4v) is 4.01. The molecule has 3 rings (SSSR count). The SMILES string of the molecule is Cc1ccc(S(=O)(=O)NCC(=O)O[C@H](C)C(=O)c2c(C)[nH]c3ccccc23)cc1. The van der Waals surface area contributed by atoms with Gasteiger partial charge in [0.2, 0.25) is 15.8 Å². The van der Waals surface area contributed by atoms with Gasteiger partial charge in [0, 0.05) is 22.2 Å². The lowest BCUT2D eigenvalue weighted by atomic mass is 10.0. The van der Waals surface area contributed by atoms with Gasteiger partial charge in [-0.3, -0.25) is 9.59 Å². The predicted molar refractivity (Wildman–Crippen MR) is 109 cm³/mol. The van der Waals surface area contributed by atoms with Gasteiger partial charge in [0.05, 0.1) is 4.90 Å². The molecule has 0 amide bonds. The van der Waals surface area contributed by atoms with Gasteiger partial charge in [0.1, 0.15) is 6.54 Å². The normalized spacial score (nSPS) is 12.7. The molecule has 0 aliphatic heterocycles. The maximum absolute atomic E-state index is 12.8. The second-order valence-corrected chi connectivity index (χ2v) is 8.57. The lowest BCUT2D eigenvalue weighted by Crippen LogP contribution is -2.34. The molecule has 2 aromatic carbocycles. The number of H-pyrrole nitrogens is 1. The number of nitrogens with one attached hydrogen (secondary N) is 2. The molecule has 2 N–H and O–H groups in total. The first-order valence-corrected chi connectivity index (χ1v) is 10.5. The van der Waals surface area contributed by atoms with Crippen molar-refractivity contribution in [2.24, 2.45) is 0 Å². The van der Waals surface area contributed by atoms with Crippen LogP contribution in [-0.4, -0.2) is 37.8 Å². The third kappa shape index (κ3) is 4.55. The number of hydrogen-bond acceptors (Lipinski definition) is 5. The Morgan fingerprint density at radius 2 is 1.72 bits per heavy atom. The summed E-state index contributed by atoms with van der Waals surface area (Å²) in [5, 5.41) is 0.748. The van der Waals surface area contributed by atoms with E-state index < -0.39 is 28.6 Å². The van der Waals surface area contributed by atoms with E-state index in [0.29, 0.717) is 11.3 Å². The van der Waals surface area contributed by atoms with Crippen LogP contribution in [0.5, 0.6) is 0 Å². The summed E-state index contributed by atoms with van der Waals surface area (Å²) in [5.41, 5.74) is 2.88. The van der Waals surface area contributed by atoms with Crippen molar-refractivity contribution in [3.8, 4) is 0 Å². The number of ketones is 1. The van der Waals surface area contributed by atoms with Gasteiger partial charge in [-0.1, -0.05) is 35.9 Å². The quantitative estimate of drug-likeness (QED) is 0.457. The molecule has 8 heteroatoms. The van der Waals surface area contributed by atoms with Crippen LogP contribution >= 0.6 is 0 Å². The molecule has 29 heavy (non-hydrogen) atoms. The van der Waals surface area contributed by atoms with Crippen molar-refractivity contribution in [3.63, 3.8) is 0 Å². The molecule has 0 bridgehead atoms. The molecule has 0 unspecified atom stereocenters. The number of aromatic amines is 1. The van der Waals surface area contributed by atoms with Crippen LogP contribution < -0.4 is 4.72 Å². The van der Waals surface area contributed by atoms with E-state index in [1.807, 2.05) is 31.2 Å². The summed E-state index contributed by atoms with van der Waals surface area (Å²) in [6.45, 7) is 4.52. The minimum absolute atomic E-state index is 0.0504. The average molecular weight is 414 g/mol. The van der Waals surface area contributed by atoms with Gasteiger partial charge in [0.15, 0.2) is 6.10 Å². The number of hydrogen-bond donors (Lipinski definition) is 2. The van der Waals surface area contributed by atoms with E-state index in [0.717, 1.165) is 16.5 Å². The van der Waals surface area contributed by atoms with E-state index in [4.69, 9.17) is 4.74 Å². The largest absolute Gasteiger partial charge is 0.453 e. The number of esters is 1. The zero-order valence-corrected chi connectivity index (χ0v) is 17.2. The zero-order valence-electron chi connectivity index (χ0n) is 16.4. The van der Waals surface area contributed by atoms with Gasteiger partial charge in [-0.25, -0.2) is 8.42 Å². The van der Waals surface area contributed by atoms with Gasteiger partial charge < -0.3 is 9.72 Å². The highest BCUT2D eigenvalue weighted by Crippen LogP contribution is 2.23. The monoisotopic (exact) mass is 414 g/mol. The highest BCUT2D eigenvalue weighted by atomic mass is 32.2. The Labute approximate surface area is 169 Å². The Morgan fingerprint density at radius 3 is 2.41 bits per heavy atom. The van der Waals surface area contributed by atoms with Crippen LogP contribution in [0.4, 0.5) is 0 Å². The number of para-hydroxylation sites is 1. The van der Waals surface area contributed by atoms with E-state index in [1.54, 1.807) is 19.1 Å². The molecule has 7 nitrogen and oxygen atoms in total. The minimum atomic E-state index is -3.85. The van der Waals surface area contributed by atoms with Gasteiger partial charge >= 0.3 is 5.97 Å². The van der Waals surface area contributed by atoms with Gasteiger partial charge in [-0.2, -0.15) is 4.72 Å². The molecule has 0 aliphatic rings. The maximum atomic E-state index is 12.8. The molecule has 1 aromatic heterocycles. The molecule has 0 radical (unpaired) electrons. The van der Waals surface area contributed by atoms with Gasteiger partial charge in [-0.15, -0.1) is 0 Å². The topological polar surface area (TPSA) is 105 Å². The number of benzene rings is 2. The van der Waals surface area contributed by atoms with E-state index in [9.17, 15) is 18.0 Å². The van der Waals surface area contributed by atoms with E-state index >= 15 is 0 Å². The average Bonchev–Trinajstić information content (AvgIpc) is 3.02. The van der Waals surface area contributed by atoms with Gasteiger partial charge in [0.25, 0.3) is 0 Å². The highest BCUT2D eigenvalue weighted by Gasteiger charge is 2.25. The van der Waals surface area contributed by atoms with Crippen LogP contribution in [0, 0.1) is 13.8 Å². The zero-order chi connectivity index (χ0) is 21.2. The Balaban J connectivity index is 1.65. The molecule has 0 saturated heterocycles. The summed E-state index contributed by atoms with van der Waals surface area (Å²) in [6, 6.07) is 13.6. The van der Waals surface area contributed by atoms with Crippen LogP contribution in [0.25, 0.3) is 10.9 Å². The Kier molecular flexibility index (Phi) is 5.86. The first-order valence-electron chi connectivity index (χ1n) is 9.06. The number of fused-ring (bicyclic) bond motifs is 1. The van der Waals surface area contributed by atoms with Gasteiger partial charge in [-0.05, 0) is 39.0 Å². The molecular weight excluding hydrogens is 392 g/mol. The van der Waals surface area contributed by atoms with Crippen molar-refractivity contribution in [2.75, 3.05) is 6.54 Å². The number of ether oxygens (including phenoxy) is 1. The Hall–Kier alpha value is -2.97. The smallest absolute Gasteiger partial charge is 0.321 e. The lowest BCUT2D eigenvalue weighted by Gasteiger charge is -2.13. The molecule has 3 aromatic rings. The summed E-state index contributed by atoms with van der Waals surface area (Å²) in [7, 11) is -3.85. The number of sulfonamides is 1. The molecule has 152 valence electrons. The Morgan fingerprint density at radius 1 is 1.07 bits per heavy atom. The minimum Gasteiger partial charge on any atom is -0.453 e. The first-order chi connectivity index (χ1) is 13.7. The fourth-order valence-electron chi connectivity index (χ4n) is 3.04. The second-order valence-electron chi connectivity index (χ2n) is 6.80. The summed E-state index contributed by atoms with van der Waals surface area (Å²) in [6.07, 6.45) is -1.05. The van der Waals surface area contributed by atoms with E-state index in [2.05, 4.69) is 9.71 Å². The molecular formula is C21H22N2O5S.